The van der Waals surface area contributed by atoms with Crippen LogP contribution in [0.15, 0.2) is 40.9 Å². The lowest BCUT2D eigenvalue weighted by molar-refractivity contribution is 0.598. The highest BCUT2D eigenvalue weighted by Crippen LogP contribution is 2.28. The Morgan fingerprint density at radius 1 is 1.05 bits per heavy atom. The van der Waals surface area contributed by atoms with Crippen molar-refractivity contribution in [3.8, 4) is 0 Å². The maximum atomic E-state index is 14.1. The van der Waals surface area contributed by atoms with Gasteiger partial charge in [0, 0.05) is 10.0 Å². The molecule has 1 nitrogen and oxygen atoms in total. The van der Waals surface area contributed by atoms with Crippen molar-refractivity contribution in [3.63, 3.8) is 0 Å². The predicted octanol–water partition coefficient (Wildman–Crippen LogP) is 4.76. The van der Waals surface area contributed by atoms with Crippen LogP contribution in [-0.2, 0) is 12.8 Å². The van der Waals surface area contributed by atoms with Crippen molar-refractivity contribution in [2.75, 3.05) is 0 Å². The van der Waals surface area contributed by atoms with E-state index in [9.17, 15) is 4.39 Å². The molecule has 0 bridgehead atoms. The molecular weight excluding hydrogens is 317 g/mol. The minimum Gasteiger partial charge on any atom is -0.320 e. The van der Waals surface area contributed by atoms with Crippen molar-refractivity contribution in [2.24, 2.45) is 5.73 Å². The van der Waals surface area contributed by atoms with Crippen molar-refractivity contribution in [1.82, 2.24) is 0 Å². The number of benzene rings is 2. The summed E-state index contributed by atoms with van der Waals surface area (Å²) in [5.41, 5.74) is 10.3. The van der Waals surface area contributed by atoms with Crippen molar-refractivity contribution >= 4 is 15.9 Å². The third kappa shape index (κ3) is 3.10. The highest BCUT2D eigenvalue weighted by molar-refractivity contribution is 9.10. The first-order valence-corrected chi connectivity index (χ1v) is 7.68. The second-order valence-corrected chi connectivity index (χ2v) is 5.80. The fourth-order valence-electron chi connectivity index (χ4n) is 2.40. The van der Waals surface area contributed by atoms with E-state index in [0.29, 0.717) is 5.56 Å². The fraction of sp³-hybridized carbons (Fsp3) is 0.294. The van der Waals surface area contributed by atoms with Crippen LogP contribution in [-0.4, -0.2) is 0 Å². The van der Waals surface area contributed by atoms with Gasteiger partial charge in [-0.1, -0.05) is 54.0 Å². The maximum Gasteiger partial charge on any atom is 0.129 e. The zero-order chi connectivity index (χ0) is 14.7. The predicted molar refractivity (Wildman–Crippen MR) is 85.3 cm³/mol. The van der Waals surface area contributed by atoms with Crippen molar-refractivity contribution < 1.29 is 4.39 Å². The number of halogens is 2. The molecule has 2 N–H and O–H groups in total. The molecule has 20 heavy (non-hydrogen) atoms. The van der Waals surface area contributed by atoms with E-state index in [2.05, 4.69) is 48.0 Å². The Kier molecular flexibility index (Phi) is 4.95. The minimum absolute atomic E-state index is 0.268. The lowest BCUT2D eigenvalue weighted by atomic mass is 9.91. The Labute approximate surface area is 128 Å². The summed E-state index contributed by atoms with van der Waals surface area (Å²) in [7, 11) is 0. The van der Waals surface area contributed by atoms with E-state index < -0.39 is 6.04 Å². The molecule has 0 aliphatic heterocycles. The van der Waals surface area contributed by atoms with Gasteiger partial charge >= 0.3 is 0 Å². The van der Waals surface area contributed by atoms with Gasteiger partial charge in [-0.3, -0.25) is 0 Å². The Hall–Kier alpha value is -1.19. The average Bonchev–Trinajstić information content (AvgIpc) is 2.46. The van der Waals surface area contributed by atoms with Crippen LogP contribution in [0.2, 0.25) is 0 Å². The third-order valence-corrected chi connectivity index (χ3v) is 4.13. The lowest BCUT2D eigenvalue weighted by Crippen LogP contribution is -2.16. The normalized spacial score (nSPS) is 12.4. The van der Waals surface area contributed by atoms with Gasteiger partial charge in [-0.2, -0.15) is 0 Å². The first-order valence-electron chi connectivity index (χ1n) is 6.89. The highest BCUT2D eigenvalue weighted by atomic mass is 79.9. The first kappa shape index (κ1) is 15.2. The number of rotatable bonds is 4. The van der Waals surface area contributed by atoms with Crippen molar-refractivity contribution in [2.45, 2.75) is 32.7 Å². The number of hydrogen-bond donors (Lipinski definition) is 1. The first-order chi connectivity index (χ1) is 9.56. The van der Waals surface area contributed by atoms with Crippen LogP contribution in [0, 0.1) is 5.82 Å². The van der Waals surface area contributed by atoms with E-state index in [4.69, 9.17) is 5.73 Å². The van der Waals surface area contributed by atoms with E-state index in [-0.39, 0.29) is 5.82 Å². The summed E-state index contributed by atoms with van der Waals surface area (Å²) in [6, 6.07) is 10.9. The van der Waals surface area contributed by atoms with Gasteiger partial charge in [0.25, 0.3) is 0 Å². The van der Waals surface area contributed by atoms with Gasteiger partial charge < -0.3 is 5.73 Å². The maximum absolute atomic E-state index is 14.1. The Morgan fingerprint density at radius 3 is 2.40 bits per heavy atom. The summed E-state index contributed by atoms with van der Waals surface area (Å²) in [5, 5.41) is 0. The standard InChI is InChI=1S/C17H19BrFN/c1-3-11-5-6-12(4-2)15(9-11)17(20)14-8-7-13(18)10-16(14)19/h5-10,17H,3-4,20H2,1-2H3. The summed E-state index contributed by atoms with van der Waals surface area (Å²) >= 11 is 3.27. The summed E-state index contributed by atoms with van der Waals surface area (Å²) in [6.07, 6.45) is 1.84. The van der Waals surface area contributed by atoms with Gasteiger partial charge in [-0.05, 0) is 41.7 Å². The largest absolute Gasteiger partial charge is 0.320 e. The second-order valence-electron chi connectivity index (χ2n) is 4.88. The summed E-state index contributed by atoms with van der Waals surface area (Å²) in [5.74, 6) is -0.268. The van der Waals surface area contributed by atoms with Crippen molar-refractivity contribution in [3.05, 3.63) is 68.9 Å². The van der Waals surface area contributed by atoms with Crippen LogP contribution in [0.4, 0.5) is 4.39 Å². The molecule has 0 aliphatic carbocycles. The Morgan fingerprint density at radius 2 is 1.80 bits per heavy atom. The molecule has 2 aromatic carbocycles. The molecule has 1 unspecified atom stereocenters. The van der Waals surface area contributed by atoms with E-state index in [1.807, 2.05) is 6.07 Å². The third-order valence-electron chi connectivity index (χ3n) is 3.63. The topological polar surface area (TPSA) is 26.0 Å². The van der Waals surface area contributed by atoms with Gasteiger partial charge in [0.2, 0.25) is 0 Å². The summed E-state index contributed by atoms with van der Waals surface area (Å²) < 4.78 is 14.8. The number of hydrogen-bond acceptors (Lipinski definition) is 1. The smallest absolute Gasteiger partial charge is 0.129 e. The quantitative estimate of drug-likeness (QED) is 0.856. The van der Waals surface area contributed by atoms with E-state index >= 15 is 0 Å². The molecule has 2 aromatic rings. The fourth-order valence-corrected chi connectivity index (χ4v) is 2.73. The highest BCUT2D eigenvalue weighted by Gasteiger charge is 2.17. The van der Waals surface area contributed by atoms with Gasteiger partial charge in [-0.25, -0.2) is 4.39 Å². The zero-order valence-corrected chi connectivity index (χ0v) is 13.4. The van der Waals surface area contributed by atoms with Crippen molar-refractivity contribution in [1.29, 1.82) is 0 Å². The molecule has 0 aromatic heterocycles. The molecule has 3 heteroatoms. The number of aryl methyl sites for hydroxylation is 2. The van der Waals surface area contributed by atoms with Crippen LogP contribution < -0.4 is 5.73 Å². The van der Waals surface area contributed by atoms with Crippen LogP contribution in [0.25, 0.3) is 0 Å². The van der Waals surface area contributed by atoms with Gasteiger partial charge in [0.1, 0.15) is 5.82 Å². The SMILES string of the molecule is CCc1ccc(CC)c(C(N)c2ccc(Br)cc2F)c1. The van der Waals surface area contributed by atoms with E-state index in [1.54, 1.807) is 6.07 Å². The van der Waals surface area contributed by atoms with Crippen LogP contribution in [0.3, 0.4) is 0 Å². The number of nitrogens with two attached hydrogens (primary N) is 1. The molecule has 0 saturated carbocycles. The van der Waals surface area contributed by atoms with Crippen LogP contribution in [0.5, 0.6) is 0 Å². The average molecular weight is 336 g/mol. The zero-order valence-electron chi connectivity index (χ0n) is 11.8. The monoisotopic (exact) mass is 335 g/mol. The molecule has 0 fully saturated rings. The summed E-state index contributed by atoms with van der Waals surface area (Å²) in [6.45, 7) is 4.20. The molecule has 2 rings (SSSR count). The van der Waals surface area contributed by atoms with Crippen LogP contribution in [0.1, 0.15) is 42.1 Å². The Bertz CT molecular complexity index is 610. The minimum atomic E-state index is -0.426. The molecule has 106 valence electrons. The molecule has 0 saturated heterocycles. The molecule has 1 atom stereocenters. The molecular formula is C17H19BrFN. The lowest BCUT2D eigenvalue weighted by Gasteiger charge is -2.18. The van der Waals surface area contributed by atoms with Gasteiger partial charge in [-0.15, -0.1) is 0 Å². The van der Waals surface area contributed by atoms with Crippen LogP contribution >= 0.6 is 15.9 Å². The molecule has 0 aliphatic rings. The van der Waals surface area contributed by atoms with Gasteiger partial charge in [0.05, 0.1) is 6.04 Å². The summed E-state index contributed by atoms with van der Waals surface area (Å²) in [4.78, 5) is 0. The molecule has 0 amide bonds. The van der Waals surface area contributed by atoms with E-state index in [1.165, 1.54) is 17.2 Å². The molecule has 0 spiro atoms. The van der Waals surface area contributed by atoms with Gasteiger partial charge in [0.15, 0.2) is 0 Å². The Balaban J connectivity index is 2.48. The molecule has 0 radical (unpaired) electrons. The molecule has 0 heterocycles. The van der Waals surface area contributed by atoms with E-state index in [0.717, 1.165) is 22.9 Å². The second kappa shape index (κ2) is 6.51.